The van der Waals surface area contributed by atoms with Gasteiger partial charge in [-0.1, -0.05) is 39.3 Å². The third kappa shape index (κ3) is 7.49. The van der Waals surface area contributed by atoms with Crippen molar-refractivity contribution in [1.29, 1.82) is 0 Å². The van der Waals surface area contributed by atoms with E-state index in [2.05, 4.69) is 55.8 Å². The monoisotopic (exact) mass is 292 g/mol. The van der Waals surface area contributed by atoms with Crippen LogP contribution in [0, 0.1) is 0 Å². The molecule has 1 heterocycles. The summed E-state index contributed by atoms with van der Waals surface area (Å²) in [6.45, 7) is 12.9. The number of aryl methyl sites for hydroxylation is 1. The molecule has 21 heavy (non-hydrogen) atoms. The molecule has 1 aromatic carbocycles. The molecule has 3 heteroatoms. The molecule has 0 radical (unpaired) electrons. The number of rotatable bonds is 5. The van der Waals surface area contributed by atoms with E-state index in [0.717, 1.165) is 38.4 Å². The zero-order valence-electron chi connectivity index (χ0n) is 14.3. The Morgan fingerprint density at radius 1 is 1.05 bits per heavy atom. The molecular weight excluding hydrogens is 260 g/mol. The van der Waals surface area contributed by atoms with Crippen LogP contribution < -0.4 is 4.74 Å². The lowest BCUT2D eigenvalue weighted by molar-refractivity contribution is 0.133. The molecule has 0 aliphatic carbocycles. The largest absolute Gasteiger partial charge is 0.492 e. The second kappa shape index (κ2) is 10.6. The zero-order valence-corrected chi connectivity index (χ0v) is 14.3. The topological polar surface area (TPSA) is 15.7 Å². The van der Waals surface area contributed by atoms with Gasteiger partial charge in [0, 0.05) is 32.7 Å². The predicted octanol–water partition coefficient (Wildman–Crippen LogP) is 3.29. The molecule has 0 N–H and O–H groups in total. The van der Waals surface area contributed by atoms with Crippen LogP contribution in [0.25, 0.3) is 0 Å². The van der Waals surface area contributed by atoms with Gasteiger partial charge in [0.25, 0.3) is 0 Å². The Bertz CT molecular complexity index is 373. The first kappa shape index (κ1) is 18.0. The maximum atomic E-state index is 5.82. The Balaban J connectivity index is 0.000000677. The Morgan fingerprint density at radius 2 is 1.71 bits per heavy atom. The lowest BCUT2D eigenvalue weighted by Crippen LogP contribution is -2.45. The number of benzene rings is 1. The number of hydrogen-bond donors (Lipinski definition) is 0. The maximum absolute atomic E-state index is 5.82. The standard InChI is InChI=1S/C15H24N2O.C3H8/c1-3-14-5-4-6-15(13-14)18-12-11-17-9-7-16(2)8-10-17;1-3-2/h4-6,13H,3,7-12H2,1-2H3;3H2,1-2H3. The molecule has 2 rings (SSSR count). The molecule has 0 unspecified atom stereocenters. The summed E-state index contributed by atoms with van der Waals surface area (Å²) in [6.07, 6.45) is 2.32. The van der Waals surface area contributed by atoms with Gasteiger partial charge >= 0.3 is 0 Å². The van der Waals surface area contributed by atoms with Gasteiger partial charge in [0.1, 0.15) is 12.4 Å². The summed E-state index contributed by atoms with van der Waals surface area (Å²) in [6, 6.07) is 8.41. The normalized spacial score (nSPS) is 16.2. The minimum atomic E-state index is 0.789. The van der Waals surface area contributed by atoms with Crippen LogP contribution in [0.2, 0.25) is 0 Å². The van der Waals surface area contributed by atoms with E-state index in [1.807, 2.05) is 6.07 Å². The fourth-order valence-electron chi connectivity index (χ4n) is 2.22. The lowest BCUT2D eigenvalue weighted by Gasteiger charge is -2.32. The van der Waals surface area contributed by atoms with Crippen molar-refractivity contribution >= 4 is 0 Å². The van der Waals surface area contributed by atoms with Gasteiger partial charge in [-0.15, -0.1) is 0 Å². The summed E-state index contributed by atoms with van der Waals surface area (Å²) in [7, 11) is 2.18. The number of piperazine rings is 1. The molecule has 1 aromatic rings. The third-order valence-electron chi connectivity index (χ3n) is 3.58. The fourth-order valence-corrected chi connectivity index (χ4v) is 2.22. The van der Waals surface area contributed by atoms with Crippen molar-refractivity contribution in [2.75, 3.05) is 46.4 Å². The first-order valence-electron chi connectivity index (χ1n) is 8.32. The molecule has 0 spiro atoms. The van der Waals surface area contributed by atoms with Crippen LogP contribution in [-0.2, 0) is 6.42 Å². The molecule has 0 bridgehead atoms. The summed E-state index contributed by atoms with van der Waals surface area (Å²) in [4.78, 5) is 4.85. The van der Waals surface area contributed by atoms with Crippen molar-refractivity contribution in [3.05, 3.63) is 29.8 Å². The smallest absolute Gasteiger partial charge is 0.119 e. The van der Waals surface area contributed by atoms with E-state index in [9.17, 15) is 0 Å². The van der Waals surface area contributed by atoms with Crippen LogP contribution in [0.15, 0.2) is 24.3 Å². The molecule has 1 aliphatic rings. The Kier molecular flexibility index (Phi) is 9.11. The van der Waals surface area contributed by atoms with Crippen LogP contribution in [0.3, 0.4) is 0 Å². The first-order chi connectivity index (χ1) is 10.2. The molecular formula is C18H32N2O. The van der Waals surface area contributed by atoms with Gasteiger partial charge in [0.2, 0.25) is 0 Å². The van der Waals surface area contributed by atoms with Crippen LogP contribution in [0.1, 0.15) is 32.8 Å². The third-order valence-corrected chi connectivity index (χ3v) is 3.58. The molecule has 0 amide bonds. The number of nitrogens with zero attached hydrogens (tertiary/aromatic N) is 2. The lowest BCUT2D eigenvalue weighted by atomic mass is 10.2. The van der Waals surface area contributed by atoms with Crippen LogP contribution in [-0.4, -0.2) is 56.2 Å². The number of likely N-dealkylation sites (N-methyl/N-ethyl adjacent to an activating group) is 1. The van der Waals surface area contributed by atoms with Crippen LogP contribution in [0.5, 0.6) is 5.75 Å². The van der Waals surface area contributed by atoms with Crippen molar-refractivity contribution in [2.24, 2.45) is 0 Å². The van der Waals surface area contributed by atoms with Crippen molar-refractivity contribution in [3.63, 3.8) is 0 Å². The fraction of sp³-hybridized carbons (Fsp3) is 0.667. The highest BCUT2D eigenvalue weighted by Gasteiger charge is 2.12. The van der Waals surface area contributed by atoms with Crippen LogP contribution in [0.4, 0.5) is 0 Å². The van der Waals surface area contributed by atoms with Gasteiger partial charge in [-0.2, -0.15) is 0 Å². The molecule has 1 saturated heterocycles. The van der Waals surface area contributed by atoms with Crippen molar-refractivity contribution < 1.29 is 4.74 Å². The quantitative estimate of drug-likeness (QED) is 0.828. The van der Waals surface area contributed by atoms with Gasteiger partial charge in [-0.3, -0.25) is 4.90 Å². The van der Waals surface area contributed by atoms with Crippen molar-refractivity contribution in [3.8, 4) is 5.75 Å². The molecule has 1 fully saturated rings. The second-order valence-electron chi connectivity index (χ2n) is 5.70. The molecule has 0 saturated carbocycles. The van der Waals surface area contributed by atoms with Gasteiger partial charge in [-0.25, -0.2) is 0 Å². The SMILES string of the molecule is CCC.CCc1cccc(OCCN2CCN(C)CC2)c1. The Hall–Kier alpha value is -1.06. The van der Waals surface area contributed by atoms with E-state index in [4.69, 9.17) is 4.74 Å². The summed E-state index contributed by atoms with van der Waals surface area (Å²) in [5.41, 5.74) is 1.34. The van der Waals surface area contributed by atoms with E-state index in [1.165, 1.54) is 25.1 Å². The van der Waals surface area contributed by atoms with E-state index >= 15 is 0 Å². The molecule has 1 aliphatic heterocycles. The Morgan fingerprint density at radius 3 is 2.33 bits per heavy atom. The van der Waals surface area contributed by atoms with E-state index in [-0.39, 0.29) is 0 Å². The highest BCUT2D eigenvalue weighted by Crippen LogP contribution is 2.13. The minimum absolute atomic E-state index is 0.789. The van der Waals surface area contributed by atoms with Crippen molar-refractivity contribution in [2.45, 2.75) is 33.6 Å². The molecule has 3 nitrogen and oxygen atoms in total. The van der Waals surface area contributed by atoms with Crippen molar-refractivity contribution in [1.82, 2.24) is 9.80 Å². The van der Waals surface area contributed by atoms with E-state index in [0.29, 0.717) is 0 Å². The summed E-state index contributed by atoms with van der Waals surface area (Å²) in [5, 5.41) is 0. The predicted molar refractivity (Wildman–Crippen MR) is 91.2 cm³/mol. The zero-order chi connectivity index (χ0) is 15.5. The highest BCUT2D eigenvalue weighted by molar-refractivity contribution is 5.28. The van der Waals surface area contributed by atoms with Gasteiger partial charge < -0.3 is 9.64 Å². The van der Waals surface area contributed by atoms with Gasteiger partial charge in [0.15, 0.2) is 0 Å². The number of hydrogen-bond acceptors (Lipinski definition) is 3. The molecule has 0 atom stereocenters. The van der Waals surface area contributed by atoms with Gasteiger partial charge in [-0.05, 0) is 31.2 Å². The Labute approximate surface area is 130 Å². The summed E-state index contributed by atoms with van der Waals surface area (Å²) < 4.78 is 5.82. The first-order valence-corrected chi connectivity index (χ1v) is 8.32. The minimum Gasteiger partial charge on any atom is -0.492 e. The summed E-state index contributed by atoms with van der Waals surface area (Å²) >= 11 is 0. The second-order valence-corrected chi connectivity index (χ2v) is 5.70. The molecule has 0 aromatic heterocycles. The average molecular weight is 292 g/mol. The van der Waals surface area contributed by atoms with E-state index in [1.54, 1.807) is 0 Å². The van der Waals surface area contributed by atoms with Crippen LogP contribution >= 0.6 is 0 Å². The average Bonchev–Trinajstić information content (AvgIpc) is 2.50. The highest BCUT2D eigenvalue weighted by atomic mass is 16.5. The maximum Gasteiger partial charge on any atom is 0.119 e. The molecule has 120 valence electrons. The summed E-state index contributed by atoms with van der Waals surface area (Å²) in [5.74, 6) is 1.00. The van der Waals surface area contributed by atoms with E-state index < -0.39 is 0 Å². The number of ether oxygens (including phenoxy) is 1. The van der Waals surface area contributed by atoms with Gasteiger partial charge in [0.05, 0.1) is 0 Å².